The third-order valence-electron chi connectivity index (χ3n) is 5.99. The van der Waals surface area contributed by atoms with Crippen molar-refractivity contribution in [1.29, 1.82) is 0 Å². The SMILES string of the molecule is CC(C)(C)OC(=O)N1CCN(S(=O)(=O)c2ccc(C(F)(F)F)cc2)[C@@H](C(=O)NCC2C=CC(OC(F)F)=CC2)C1. The van der Waals surface area contributed by atoms with Crippen molar-refractivity contribution in [2.45, 2.75) is 56.5 Å². The van der Waals surface area contributed by atoms with Gasteiger partial charge in [0.2, 0.25) is 15.9 Å². The number of carbonyl (C=O) groups excluding carboxylic acids is 2. The van der Waals surface area contributed by atoms with Crippen LogP contribution in [0.3, 0.4) is 0 Å². The Bertz CT molecular complexity index is 1240. The first-order valence-electron chi connectivity index (χ1n) is 12.3. The van der Waals surface area contributed by atoms with Crippen LogP contribution in [0.5, 0.6) is 0 Å². The Balaban J connectivity index is 1.79. The van der Waals surface area contributed by atoms with Gasteiger partial charge in [-0.1, -0.05) is 6.08 Å². The second kappa shape index (κ2) is 12.1. The second-order valence-corrected chi connectivity index (χ2v) is 12.1. The predicted molar refractivity (Wildman–Crippen MR) is 132 cm³/mol. The van der Waals surface area contributed by atoms with Crippen molar-refractivity contribution in [3.05, 3.63) is 53.8 Å². The number of sulfonamides is 1. The summed E-state index contributed by atoms with van der Waals surface area (Å²) >= 11 is 0. The third kappa shape index (κ3) is 8.16. The summed E-state index contributed by atoms with van der Waals surface area (Å²) in [5.41, 5.74) is -1.89. The van der Waals surface area contributed by atoms with E-state index < -0.39 is 56.9 Å². The van der Waals surface area contributed by atoms with Gasteiger partial charge in [0.25, 0.3) is 0 Å². The fourth-order valence-electron chi connectivity index (χ4n) is 4.05. The monoisotopic (exact) mass is 595 g/mol. The molecule has 1 aliphatic carbocycles. The lowest BCUT2D eigenvalue weighted by molar-refractivity contribution is -0.137. The summed E-state index contributed by atoms with van der Waals surface area (Å²) in [5.74, 6) is -1.08. The minimum Gasteiger partial charge on any atom is -0.444 e. The number of piperazine rings is 1. The van der Waals surface area contributed by atoms with E-state index in [2.05, 4.69) is 10.1 Å². The van der Waals surface area contributed by atoms with Crippen LogP contribution in [-0.2, 0) is 30.5 Å². The van der Waals surface area contributed by atoms with Crippen LogP contribution < -0.4 is 5.32 Å². The Kier molecular flexibility index (Phi) is 9.50. The molecular weight excluding hydrogens is 565 g/mol. The van der Waals surface area contributed by atoms with Gasteiger partial charge in [-0.15, -0.1) is 0 Å². The number of allylic oxidation sites excluding steroid dienone is 2. The lowest BCUT2D eigenvalue weighted by atomic mass is 10.00. The van der Waals surface area contributed by atoms with Crippen LogP contribution in [0, 0.1) is 5.92 Å². The van der Waals surface area contributed by atoms with E-state index in [1.165, 1.54) is 17.1 Å². The van der Waals surface area contributed by atoms with E-state index in [-0.39, 0.29) is 44.3 Å². The fraction of sp³-hybridized carbons (Fsp3) is 0.520. The zero-order valence-corrected chi connectivity index (χ0v) is 22.8. The molecule has 0 spiro atoms. The first-order chi connectivity index (χ1) is 18.5. The summed E-state index contributed by atoms with van der Waals surface area (Å²) in [6, 6.07) is 1.47. The highest BCUT2D eigenvalue weighted by Gasteiger charge is 2.42. The number of hydrogen-bond donors (Lipinski definition) is 1. The predicted octanol–water partition coefficient (Wildman–Crippen LogP) is 4.13. The minimum atomic E-state index is -4.67. The number of hydrogen-bond acceptors (Lipinski definition) is 6. The number of carbonyl (C=O) groups is 2. The van der Waals surface area contributed by atoms with Crippen LogP contribution in [0.25, 0.3) is 0 Å². The molecule has 9 nitrogen and oxygen atoms in total. The Morgan fingerprint density at radius 2 is 1.75 bits per heavy atom. The quantitative estimate of drug-likeness (QED) is 0.476. The standard InChI is InChI=1S/C25H30F5N3O6S/c1-24(2,3)39-23(35)32-12-13-33(40(36,37)19-10-6-17(7-11-19)25(28,29)30)20(15-32)21(34)31-14-16-4-8-18(9-5-16)38-22(26)27/h4,6-11,16,20,22H,5,12-15H2,1-3H3,(H,31,34)/t16?,20-/m1/s1. The Hall–Kier alpha value is -3.20. The topological polar surface area (TPSA) is 105 Å². The van der Waals surface area contributed by atoms with Crippen molar-refractivity contribution in [3.63, 3.8) is 0 Å². The molecule has 40 heavy (non-hydrogen) atoms. The van der Waals surface area contributed by atoms with Crippen molar-refractivity contribution in [3.8, 4) is 0 Å². The molecule has 2 atom stereocenters. The van der Waals surface area contributed by atoms with Crippen LogP contribution in [0.2, 0.25) is 0 Å². The van der Waals surface area contributed by atoms with Gasteiger partial charge < -0.3 is 19.7 Å². The summed E-state index contributed by atoms with van der Waals surface area (Å²) in [7, 11) is -4.45. The van der Waals surface area contributed by atoms with E-state index in [0.29, 0.717) is 12.1 Å². The minimum absolute atomic E-state index is 0.0187. The molecule has 1 aliphatic heterocycles. The molecule has 1 N–H and O–H groups in total. The molecular formula is C25H30F5N3O6S. The van der Waals surface area contributed by atoms with E-state index in [9.17, 15) is 40.0 Å². The fourth-order valence-corrected chi connectivity index (χ4v) is 5.62. The van der Waals surface area contributed by atoms with Gasteiger partial charge in [0, 0.05) is 26.2 Å². The van der Waals surface area contributed by atoms with Crippen LogP contribution in [0.15, 0.2) is 53.1 Å². The van der Waals surface area contributed by atoms with Crippen LogP contribution in [0.1, 0.15) is 32.8 Å². The number of alkyl halides is 5. The van der Waals surface area contributed by atoms with Crippen molar-refractivity contribution in [2.75, 3.05) is 26.2 Å². The van der Waals surface area contributed by atoms with E-state index in [1.54, 1.807) is 26.8 Å². The molecule has 1 unspecified atom stereocenters. The molecule has 0 aromatic heterocycles. The van der Waals surface area contributed by atoms with Gasteiger partial charge in [-0.25, -0.2) is 13.2 Å². The Morgan fingerprint density at radius 1 is 1.10 bits per heavy atom. The molecule has 1 fully saturated rings. The van der Waals surface area contributed by atoms with Gasteiger partial charge >= 0.3 is 18.9 Å². The van der Waals surface area contributed by atoms with Crippen LogP contribution in [-0.4, -0.2) is 74.1 Å². The summed E-state index contributed by atoms with van der Waals surface area (Å²) in [5, 5.41) is 2.63. The normalized spacial score (nSPS) is 20.7. The highest BCUT2D eigenvalue weighted by atomic mass is 32.2. The molecule has 222 valence electrons. The summed E-state index contributed by atoms with van der Waals surface area (Å²) in [6.45, 7) is 1.16. The smallest absolute Gasteiger partial charge is 0.416 e. The summed E-state index contributed by atoms with van der Waals surface area (Å²) in [4.78, 5) is 26.7. The second-order valence-electron chi connectivity index (χ2n) is 10.2. The van der Waals surface area contributed by atoms with Gasteiger partial charge in [-0.05, 0) is 69.5 Å². The number of amides is 2. The molecule has 0 saturated carbocycles. The highest BCUT2D eigenvalue weighted by molar-refractivity contribution is 7.89. The maximum Gasteiger partial charge on any atom is 0.416 e. The number of halogens is 5. The van der Waals surface area contributed by atoms with E-state index in [4.69, 9.17) is 4.74 Å². The molecule has 3 rings (SSSR count). The summed E-state index contributed by atoms with van der Waals surface area (Å²) < 4.78 is 101. The zero-order valence-electron chi connectivity index (χ0n) is 22.0. The first-order valence-corrected chi connectivity index (χ1v) is 13.7. The molecule has 0 radical (unpaired) electrons. The highest BCUT2D eigenvalue weighted by Crippen LogP contribution is 2.31. The number of ether oxygens (including phenoxy) is 2. The van der Waals surface area contributed by atoms with Crippen molar-refractivity contribution in [2.24, 2.45) is 5.92 Å². The number of nitrogens with one attached hydrogen (secondary N) is 1. The Labute approximate surface area is 228 Å². The first kappa shape index (κ1) is 31.3. The van der Waals surface area contributed by atoms with Crippen molar-refractivity contribution in [1.82, 2.24) is 14.5 Å². The lowest BCUT2D eigenvalue weighted by Crippen LogP contribution is -2.62. The maximum atomic E-state index is 13.4. The molecule has 2 aliphatic rings. The summed E-state index contributed by atoms with van der Waals surface area (Å²) in [6.07, 6.45) is -0.847. The van der Waals surface area contributed by atoms with Crippen LogP contribution >= 0.6 is 0 Å². The van der Waals surface area contributed by atoms with Gasteiger partial charge in [-0.2, -0.15) is 26.3 Å². The van der Waals surface area contributed by atoms with Gasteiger partial charge in [-0.3, -0.25) is 4.79 Å². The molecule has 1 aromatic carbocycles. The lowest BCUT2D eigenvalue weighted by Gasteiger charge is -2.40. The Morgan fingerprint density at radius 3 is 2.27 bits per heavy atom. The average Bonchev–Trinajstić information content (AvgIpc) is 2.86. The molecule has 15 heteroatoms. The van der Waals surface area contributed by atoms with E-state index in [0.717, 1.165) is 16.4 Å². The number of rotatable bonds is 7. The maximum absolute atomic E-state index is 13.4. The van der Waals surface area contributed by atoms with Crippen molar-refractivity contribution >= 4 is 22.0 Å². The molecule has 2 amide bonds. The molecule has 1 aromatic rings. The molecule has 1 saturated heterocycles. The van der Waals surface area contributed by atoms with Crippen LogP contribution in [0.4, 0.5) is 26.7 Å². The van der Waals surface area contributed by atoms with Gasteiger partial charge in [0.15, 0.2) is 0 Å². The number of nitrogens with zero attached hydrogens (tertiary/aromatic N) is 2. The molecule has 0 bridgehead atoms. The van der Waals surface area contributed by atoms with Crippen molar-refractivity contribution < 1.29 is 49.4 Å². The average molecular weight is 596 g/mol. The zero-order chi connectivity index (χ0) is 29.9. The number of benzene rings is 1. The third-order valence-corrected chi connectivity index (χ3v) is 7.91. The van der Waals surface area contributed by atoms with Gasteiger partial charge in [0.1, 0.15) is 17.4 Å². The van der Waals surface area contributed by atoms with E-state index >= 15 is 0 Å². The van der Waals surface area contributed by atoms with Gasteiger partial charge in [0.05, 0.1) is 10.5 Å². The largest absolute Gasteiger partial charge is 0.444 e. The molecule has 1 heterocycles. The van der Waals surface area contributed by atoms with E-state index in [1.807, 2.05) is 0 Å².